The largest absolute Gasteiger partial charge is 0.465 e. The van der Waals surface area contributed by atoms with Gasteiger partial charge in [-0.25, -0.2) is 0 Å². The van der Waals surface area contributed by atoms with E-state index in [1.54, 1.807) is 0 Å². The smallest absolute Gasteiger partial charge is 0.132 e. The van der Waals surface area contributed by atoms with Crippen molar-refractivity contribution in [3.8, 4) is 12.1 Å². The molecule has 0 saturated heterocycles. The van der Waals surface area contributed by atoms with Crippen molar-refractivity contribution in [1.82, 2.24) is 0 Å². The zero-order valence-corrected chi connectivity index (χ0v) is 19.7. The topological polar surface area (TPSA) is 56.8 Å². The van der Waals surface area contributed by atoms with Gasteiger partial charge in [0.25, 0.3) is 0 Å². The zero-order chi connectivity index (χ0) is 22.7. The molecule has 0 radical (unpaired) electrons. The molecule has 0 aromatic carbocycles. The van der Waals surface area contributed by atoms with Gasteiger partial charge in [0.2, 0.25) is 0 Å². The van der Waals surface area contributed by atoms with Crippen molar-refractivity contribution in [2.24, 2.45) is 16.2 Å². The molecule has 3 nitrogen and oxygen atoms in total. The highest BCUT2D eigenvalue weighted by molar-refractivity contribution is 5.49. The van der Waals surface area contributed by atoms with E-state index in [-0.39, 0.29) is 21.8 Å². The Labute approximate surface area is 182 Å². The SMILES string of the molecule is CC1(C)CC(/C=C/C=C2C=C(C(C)(C)C)OC(C(C)(C)C)=C2)=CC(=C(C#N)C#N)C1. The molecule has 0 bridgehead atoms. The number of nitriles is 2. The minimum atomic E-state index is -0.0752. The van der Waals surface area contributed by atoms with Gasteiger partial charge in [0, 0.05) is 10.8 Å². The molecule has 1 aliphatic heterocycles. The second-order valence-electron chi connectivity index (χ2n) is 11.0. The van der Waals surface area contributed by atoms with Crippen LogP contribution < -0.4 is 0 Å². The molecule has 1 aliphatic carbocycles. The molecule has 0 amide bonds. The Morgan fingerprint density at radius 3 is 1.93 bits per heavy atom. The first-order valence-corrected chi connectivity index (χ1v) is 10.5. The Hall–Kier alpha value is -2.78. The van der Waals surface area contributed by atoms with Crippen LogP contribution in [0.1, 0.15) is 68.2 Å². The molecule has 0 spiro atoms. The van der Waals surface area contributed by atoms with E-state index in [2.05, 4.69) is 85.8 Å². The van der Waals surface area contributed by atoms with Crippen molar-refractivity contribution in [2.45, 2.75) is 68.2 Å². The average Bonchev–Trinajstić information content (AvgIpc) is 2.60. The fraction of sp³-hybridized carbons (Fsp3) is 0.481. The lowest BCUT2D eigenvalue weighted by molar-refractivity contribution is 0.161. The summed E-state index contributed by atoms with van der Waals surface area (Å²) in [6.07, 6.45) is 14.1. The standard InChI is InChI=1S/C27H34N2O/c1-25(2,3)23-13-19(14-24(30-23)26(4,5)6)10-9-11-20-12-21(22(17-28)18-29)16-27(7,8)15-20/h9-14H,15-16H2,1-8H3/b11-9+. The van der Waals surface area contributed by atoms with Crippen LogP contribution in [0.2, 0.25) is 0 Å². The molecule has 30 heavy (non-hydrogen) atoms. The number of allylic oxidation sites excluding steroid dienone is 12. The molecule has 1 heterocycles. The van der Waals surface area contributed by atoms with Crippen LogP contribution in [-0.2, 0) is 4.74 Å². The van der Waals surface area contributed by atoms with Crippen molar-refractivity contribution in [3.63, 3.8) is 0 Å². The molecule has 0 aromatic rings. The maximum absolute atomic E-state index is 9.25. The number of hydrogen-bond acceptors (Lipinski definition) is 3. The van der Waals surface area contributed by atoms with E-state index >= 15 is 0 Å². The van der Waals surface area contributed by atoms with E-state index in [0.717, 1.165) is 41.1 Å². The fourth-order valence-electron chi connectivity index (χ4n) is 3.53. The van der Waals surface area contributed by atoms with Crippen LogP contribution in [0.3, 0.4) is 0 Å². The van der Waals surface area contributed by atoms with Crippen LogP contribution in [-0.4, -0.2) is 0 Å². The van der Waals surface area contributed by atoms with Gasteiger partial charge in [-0.2, -0.15) is 10.5 Å². The predicted octanol–water partition coefficient (Wildman–Crippen LogP) is 7.45. The van der Waals surface area contributed by atoms with Gasteiger partial charge < -0.3 is 4.74 Å². The van der Waals surface area contributed by atoms with Gasteiger partial charge >= 0.3 is 0 Å². The highest BCUT2D eigenvalue weighted by Crippen LogP contribution is 2.40. The summed E-state index contributed by atoms with van der Waals surface area (Å²) in [5.74, 6) is 1.93. The highest BCUT2D eigenvalue weighted by Gasteiger charge is 2.29. The molecule has 0 saturated carbocycles. The summed E-state index contributed by atoms with van der Waals surface area (Å²) >= 11 is 0. The van der Waals surface area contributed by atoms with Gasteiger partial charge in [-0.3, -0.25) is 0 Å². The second-order valence-corrected chi connectivity index (χ2v) is 11.0. The van der Waals surface area contributed by atoms with Crippen molar-refractivity contribution in [1.29, 1.82) is 10.5 Å². The first-order valence-electron chi connectivity index (χ1n) is 10.5. The lowest BCUT2D eigenvalue weighted by Gasteiger charge is -2.32. The molecule has 0 unspecified atom stereocenters. The van der Waals surface area contributed by atoms with Crippen LogP contribution in [0.4, 0.5) is 0 Å². The van der Waals surface area contributed by atoms with Crippen molar-refractivity contribution >= 4 is 0 Å². The third kappa shape index (κ3) is 6.11. The van der Waals surface area contributed by atoms with E-state index in [9.17, 15) is 10.5 Å². The van der Waals surface area contributed by atoms with Crippen LogP contribution in [0.15, 0.2) is 70.3 Å². The number of rotatable bonds is 2. The van der Waals surface area contributed by atoms with Crippen molar-refractivity contribution in [3.05, 3.63) is 70.3 Å². The Kier molecular flexibility index (Phi) is 6.68. The first-order chi connectivity index (χ1) is 13.7. The van der Waals surface area contributed by atoms with E-state index in [1.165, 1.54) is 0 Å². The van der Waals surface area contributed by atoms with Crippen LogP contribution in [0, 0.1) is 38.9 Å². The van der Waals surface area contributed by atoms with E-state index in [4.69, 9.17) is 4.74 Å². The van der Waals surface area contributed by atoms with Gasteiger partial charge in [0.1, 0.15) is 29.2 Å². The molecule has 0 fully saturated rings. The predicted molar refractivity (Wildman–Crippen MR) is 123 cm³/mol. The zero-order valence-electron chi connectivity index (χ0n) is 19.7. The normalized spacial score (nSPS) is 19.2. The molecule has 3 heteroatoms. The maximum atomic E-state index is 9.25. The summed E-state index contributed by atoms with van der Waals surface area (Å²) in [7, 11) is 0. The Balaban J connectivity index is 2.40. The van der Waals surface area contributed by atoms with Crippen LogP contribution >= 0.6 is 0 Å². The number of hydrogen-bond donors (Lipinski definition) is 0. The molecule has 2 rings (SSSR count). The van der Waals surface area contributed by atoms with E-state index < -0.39 is 0 Å². The molecule has 2 aliphatic rings. The van der Waals surface area contributed by atoms with Crippen molar-refractivity contribution in [2.75, 3.05) is 0 Å². The van der Waals surface area contributed by atoms with E-state index in [0.29, 0.717) is 0 Å². The first kappa shape index (κ1) is 23.5. The van der Waals surface area contributed by atoms with Crippen LogP contribution in [0.25, 0.3) is 0 Å². The Morgan fingerprint density at radius 1 is 0.933 bits per heavy atom. The number of nitrogens with zero attached hydrogens (tertiary/aromatic N) is 2. The maximum Gasteiger partial charge on any atom is 0.132 e. The third-order valence-corrected chi connectivity index (χ3v) is 5.15. The van der Waals surface area contributed by atoms with Gasteiger partial charge in [-0.15, -0.1) is 0 Å². The third-order valence-electron chi connectivity index (χ3n) is 5.15. The van der Waals surface area contributed by atoms with Crippen LogP contribution in [0.5, 0.6) is 0 Å². The Morgan fingerprint density at radius 2 is 1.47 bits per heavy atom. The summed E-state index contributed by atoms with van der Waals surface area (Å²) in [6, 6.07) is 4.07. The minimum absolute atomic E-state index is 0.0210. The molecule has 0 N–H and O–H groups in total. The minimum Gasteiger partial charge on any atom is -0.465 e. The molecular formula is C27H34N2O. The quantitative estimate of drug-likeness (QED) is 0.451. The molecule has 0 atom stereocenters. The average molecular weight is 403 g/mol. The van der Waals surface area contributed by atoms with E-state index in [1.807, 2.05) is 18.2 Å². The van der Waals surface area contributed by atoms with Crippen molar-refractivity contribution < 1.29 is 4.74 Å². The summed E-state index contributed by atoms with van der Waals surface area (Å²) in [4.78, 5) is 0. The summed E-state index contributed by atoms with van der Waals surface area (Å²) in [6.45, 7) is 17.3. The summed E-state index contributed by atoms with van der Waals surface area (Å²) < 4.78 is 6.21. The molecular weight excluding hydrogens is 368 g/mol. The molecule has 158 valence electrons. The van der Waals surface area contributed by atoms with Gasteiger partial charge in [-0.05, 0) is 47.1 Å². The Bertz CT molecular complexity index is 918. The van der Waals surface area contributed by atoms with Gasteiger partial charge in [-0.1, -0.05) is 79.7 Å². The lowest BCUT2D eigenvalue weighted by Crippen LogP contribution is -2.21. The molecule has 0 aromatic heterocycles. The summed E-state index contributed by atoms with van der Waals surface area (Å²) in [5.41, 5.74) is 3.16. The number of ether oxygens (including phenoxy) is 1. The lowest BCUT2D eigenvalue weighted by atomic mass is 9.74. The fourth-order valence-corrected chi connectivity index (χ4v) is 3.53. The van der Waals surface area contributed by atoms with Gasteiger partial charge in [0.15, 0.2) is 0 Å². The monoisotopic (exact) mass is 402 g/mol. The second kappa shape index (κ2) is 8.53. The summed E-state index contributed by atoms with van der Waals surface area (Å²) in [5, 5.41) is 18.5. The highest BCUT2D eigenvalue weighted by atomic mass is 16.5. The van der Waals surface area contributed by atoms with Gasteiger partial charge in [0.05, 0.1) is 0 Å².